The lowest BCUT2D eigenvalue weighted by molar-refractivity contribution is -0.385. The zero-order valence-electron chi connectivity index (χ0n) is 14.8. The summed E-state index contributed by atoms with van der Waals surface area (Å²) in [4.78, 5) is 36.6. The number of rotatable bonds is 5. The summed E-state index contributed by atoms with van der Waals surface area (Å²) >= 11 is 0. The van der Waals surface area contributed by atoms with Crippen molar-refractivity contribution in [2.75, 3.05) is 30.4 Å². The molecule has 0 bridgehead atoms. The second-order valence-electron chi connectivity index (χ2n) is 6.11. The number of benzene rings is 2. The van der Waals surface area contributed by atoms with Gasteiger partial charge in [0.15, 0.2) is 0 Å². The van der Waals surface area contributed by atoms with E-state index in [2.05, 4.69) is 10.1 Å². The molecule has 0 atom stereocenters. The van der Waals surface area contributed by atoms with Gasteiger partial charge < -0.3 is 15.0 Å². The number of carbonyl (C=O) groups excluding carboxylic acids is 2. The normalized spacial score (nSPS) is 12.9. The Morgan fingerprint density at radius 1 is 1.26 bits per heavy atom. The monoisotopic (exact) mass is 369 g/mol. The van der Waals surface area contributed by atoms with Gasteiger partial charge in [-0.25, -0.2) is 4.79 Å². The summed E-state index contributed by atoms with van der Waals surface area (Å²) in [5.41, 5.74) is 1.97. The third-order valence-electron chi connectivity index (χ3n) is 4.45. The van der Waals surface area contributed by atoms with Gasteiger partial charge in [-0.05, 0) is 36.6 Å². The predicted molar refractivity (Wildman–Crippen MR) is 100 cm³/mol. The minimum atomic E-state index is -0.804. The highest BCUT2D eigenvalue weighted by molar-refractivity contribution is 5.98. The number of amides is 1. The van der Waals surface area contributed by atoms with Gasteiger partial charge in [-0.15, -0.1) is 0 Å². The molecule has 8 nitrogen and oxygen atoms in total. The Bertz CT molecular complexity index is 897. The highest BCUT2D eigenvalue weighted by atomic mass is 16.6. The fourth-order valence-electron chi connectivity index (χ4n) is 3.14. The van der Waals surface area contributed by atoms with Crippen LogP contribution in [0.25, 0.3) is 0 Å². The maximum atomic E-state index is 12.6. The van der Waals surface area contributed by atoms with Gasteiger partial charge in [0.2, 0.25) is 5.91 Å². The van der Waals surface area contributed by atoms with E-state index in [0.29, 0.717) is 12.2 Å². The van der Waals surface area contributed by atoms with Crippen LogP contribution < -0.4 is 10.2 Å². The van der Waals surface area contributed by atoms with E-state index in [-0.39, 0.29) is 23.7 Å². The number of hydrogen-bond acceptors (Lipinski definition) is 6. The molecular formula is C19H19N3O5. The summed E-state index contributed by atoms with van der Waals surface area (Å²) in [6.45, 7) is 0.651. The molecule has 1 heterocycles. The minimum absolute atomic E-state index is 0.00670. The van der Waals surface area contributed by atoms with Gasteiger partial charge >= 0.3 is 5.97 Å². The Morgan fingerprint density at radius 2 is 2.04 bits per heavy atom. The minimum Gasteiger partial charge on any atom is -0.465 e. The molecule has 1 N–H and O–H groups in total. The first-order chi connectivity index (χ1) is 13.0. The SMILES string of the molecule is COC(=O)c1cc(NCC(=O)N2CCCc3ccccc32)ccc1[N+](=O)[O-]. The summed E-state index contributed by atoms with van der Waals surface area (Å²) in [5.74, 6) is -0.915. The Labute approximate surface area is 155 Å². The van der Waals surface area contributed by atoms with E-state index < -0.39 is 10.9 Å². The smallest absolute Gasteiger partial charge is 0.344 e. The topological polar surface area (TPSA) is 102 Å². The van der Waals surface area contributed by atoms with Crippen LogP contribution in [0.15, 0.2) is 42.5 Å². The number of methoxy groups -OCH3 is 1. The Morgan fingerprint density at radius 3 is 2.78 bits per heavy atom. The molecule has 0 fully saturated rings. The third kappa shape index (κ3) is 3.89. The lowest BCUT2D eigenvalue weighted by Gasteiger charge is -2.29. The van der Waals surface area contributed by atoms with Gasteiger partial charge in [0.05, 0.1) is 18.6 Å². The number of fused-ring (bicyclic) bond motifs is 1. The lowest BCUT2D eigenvalue weighted by Crippen LogP contribution is -2.39. The van der Waals surface area contributed by atoms with Gasteiger partial charge in [0, 0.05) is 24.0 Å². The van der Waals surface area contributed by atoms with Crippen molar-refractivity contribution >= 4 is 28.9 Å². The van der Waals surface area contributed by atoms with Crippen LogP contribution in [0.2, 0.25) is 0 Å². The average molecular weight is 369 g/mol. The number of ether oxygens (including phenoxy) is 1. The van der Waals surface area contributed by atoms with Crippen LogP contribution in [0.1, 0.15) is 22.3 Å². The van der Waals surface area contributed by atoms with Gasteiger partial charge in [-0.3, -0.25) is 14.9 Å². The summed E-state index contributed by atoms with van der Waals surface area (Å²) in [6, 6.07) is 11.8. The molecule has 1 aliphatic rings. The Balaban J connectivity index is 1.75. The molecule has 0 saturated carbocycles. The molecule has 2 aromatic carbocycles. The summed E-state index contributed by atoms with van der Waals surface area (Å²) in [5, 5.41) is 14.0. The zero-order chi connectivity index (χ0) is 19.4. The number of carbonyl (C=O) groups is 2. The summed E-state index contributed by atoms with van der Waals surface area (Å²) in [6.07, 6.45) is 1.84. The van der Waals surface area contributed by atoms with Crippen LogP contribution in [0.5, 0.6) is 0 Å². The highest BCUT2D eigenvalue weighted by Gasteiger charge is 2.23. The Hall–Kier alpha value is -3.42. The molecule has 8 heteroatoms. The molecule has 0 radical (unpaired) electrons. The van der Waals surface area contributed by atoms with Crippen LogP contribution in [-0.4, -0.2) is 37.0 Å². The Kier molecular flexibility index (Phi) is 5.35. The second-order valence-corrected chi connectivity index (χ2v) is 6.11. The lowest BCUT2D eigenvalue weighted by atomic mass is 10.0. The van der Waals surface area contributed by atoms with Crippen molar-refractivity contribution in [1.82, 2.24) is 0 Å². The molecule has 1 amide bonds. The highest BCUT2D eigenvalue weighted by Crippen LogP contribution is 2.27. The maximum absolute atomic E-state index is 12.6. The van der Waals surface area contributed by atoms with Crippen LogP contribution in [0.3, 0.4) is 0 Å². The van der Waals surface area contributed by atoms with Crippen molar-refractivity contribution in [2.24, 2.45) is 0 Å². The number of hydrogen-bond donors (Lipinski definition) is 1. The number of nitro groups is 1. The molecule has 0 saturated heterocycles. The van der Waals surface area contributed by atoms with Gasteiger partial charge in [0.1, 0.15) is 5.56 Å². The summed E-state index contributed by atoms with van der Waals surface area (Å²) < 4.78 is 4.60. The first kappa shape index (κ1) is 18.4. The predicted octanol–water partition coefficient (Wildman–Crippen LogP) is 2.77. The van der Waals surface area contributed by atoms with Gasteiger partial charge in [-0.1, -0.05) is 18.2 Å². The van der Waals surface area contributed by atoms with E-state index in [1.54, 1.807) is 4.90 Å². The fraction of sp³-hybridized carbons (Fsp3) is 0.263. The summed E-state index contributed by atoms with van der Waals surface area (Å²) in [7, 11) is 1.16. The van der Waals surface area contributed by atoms with E-state index in [1.807, 2.05) is 24.3 Å². The van der Waals surface area contributed by atoms with Gasteiger partial charge in [0.25, 0.3) is 5.69 Å². The molecule has 0 aliphatic carbocycles. The molecule has 3 rings (SSSR count). The number of anilines is 2. The quantitative estimate of drug-likeness (QED) is 0.494. The van der Waals surface area contributed by atoms with Crippen molar-refractivity contribution in [1.29, 1.82) is 0 Å². The molecule has 140 valence electrons. The first-order valence-electron chi connectivity index (χ1n) is 8.50. The molecule has 0 aromatic heterocycles. The number of nitrogens with zero attached hydrogens (tertiary/aromatic N) is 2. The van der Waals surface area contributed by atoms with E-state index in [1.165, 1.54) is 18.2 Å². The standard InChI is InChI=1S/C19H19N3O5/c1-27-19(24)15-11-14(8-9-17(15)22(25)26)20-12-18(23)21-10-4-6-13-5-2-3-7-16(13)21/h2-3,5,7-9,11,20H,4,6,10,12H2,1H3. The van der Waals surface area contributed by atoms with E-state index in [0.717, 1.165) is 31.2 Å². The molecule has 2 aromatic rings. The van der Waals surface area contributed by atoms with Crippen molar-refractivity contribution in [3.05, 3.63) is 63.7 Å². The van der Waals surface area contributed by atoms with E-state index in [9.17, 15) is 19.7 Å². The van der Waals surface area contributed by atoms with Gasteiger partial charge in [-0.2, -0.15) is 0 Å². The number of aryl methyl sites for hydroxylation is 1. The van der Waals surface area contributed by atoms with Crippen LogP contribution in [0.4, 0.5) is 17.1 Å². The molecule has 27 heavy (non-hydrogen) atoms. The second kappa shape index (κ2) is 7.86. The van der Waals surface area contributed by atoms with Crippen molar-refractivity contribution in [3.63, 3.8) is 0 Å². The largest absolute Gasteiger partial charge is 0.465 e. The number of nitro benzene ring substituents is 1. The number of para-hydroxylation sites is 1. The van der Waals surface area contributed by atoms with Crippen molar-refractivity contribution in [2.45, 2.75) is 12.8 Å². The fourth-order valence-corrected chi connectivity index (χ4v) is 3.14. The maximum Gasteiger partial charge on any atom is 0.344 e. The number of nitrogens with one attached hydrogen (secondary N) is 1. The van der Waals surface area contributed by atoms with Crippen LogP contribution in [0, 0.1) is 10.1 Å². The molecule has 1 aliphatic heterocycles. The van der Waals surface area contributed by atoms with Crippen LogP contribution >= 0.6 is 0 Å². The third-order valence-corrected chi connectivity index (χ3v) is 4.45. The average Bonchev–Trinajstić information content (AvgIpc) is 2.70. The zero-order valence-corrected chi connectivity index (χ0v) is 14.8. The van der Waals surface area contributed by atoms with Crippen molar-refractivity contribution in [3.8, 4) is 0 Å². The number of esters is 1. The molecular weight excluding hydrogens is 350 g/mol. The van der Waals surface area contributed by atoms with Crippen molar-refractivity contribution < 1.29 is 19.2 Å². The van der Waals surface area contributed by atoms with E-state index >= 15 is 0 Å². The van der Waals surface area contributed by atoms with E-state index in [4.69, 9.17) is 0 Å². The van der Waals surface area contributed by atoms with Crippen LogP contribution in [-0.2, 0) is 16.0 Å². The molecule has 0 spiro atoms. The molecule has 0 unspecified atom stereocenters. The first-order valence-corrected chi connectivity index (χ1v) is 8.50.